The third-order valence-electron chi connectivity index (χ3n) is 5.31. The van der Waals surface area contributed by atoms with E-state index >= 15 is 0 Å². The second-order valence-electron chi connectivity index (χ2n) is 8.63. The van der Waals surface area contributed by atoms with E-state index in [9.17, 15) is 9.59 Å². The number of Topliss-reactive ketones (excluding diaryl/α,β-unsaturated/α-hetero) is 1. The van der Waals surface area contributed by atoms with E-state index in [0.29, 0.717) is 11.3 Å². The summed E-state index contributed by atoms with van der Waals surface area (Å²) in [6.07, 6.45) is 5.31. The van der Waals surface area contributed by atoms with Gasteiger partial charge in [0.2, 0.25) is 0 Å². The number of rotatable bonds is 5. The number of aromatic nitrogens is 2. The molecule has 1 aliphatic heterocycles. The maximum absolute atomic E-state index is 13.8. The van der Waals surface area contributed by atoms with E-state index in [-0.39, 0.29) is 11.8 Å². The van der Waals surface area contributed by atoms with Gasteiger partial charge in [0.1, 0.15) is 11.6 Å². The van der Waals surface area contributed by atoms with Crippen LogP contribution in [0.15, 0.2) is 55.0 Å². The highest BCUT2D eigenvalue weighted by Crippen LogP contribution is 2.40. The third kappa shape index (κ3) is 4.19. The molecule has 2 aromatic heterocycles. The Balaban J connectivity index is 1.74. The van der Waals surface area contributed by atoms with Crippen LogP contribution < -0.4 is 4.31 Å². The van der Waals surface area contributed by atoms with Crippen molar-refractivity contribution < 1.29 is 14.3 Å². The smallest absolute Gasteiger partial charge is 0.331 e. The summed E-state index contributed by atoms with van der Waals surface area (Å²) < 4.78 is 9.68. The van der Waals surface area contributed by atoms with Crippen LogP contribution in [0.1, 0.15) is 38.1 Å². The standard InChI is InChI=1S/C24H27N3O3S/c1-5-26-14-18(17-10-6-7-11-20(17)26)22(28)19-15-31-27(16-9-8-12-25-13-16)21(19)23(29)30-24(2,3)4/h6-14,19,21H,5,15H2,1-4H3. The Bertz CT molecular complexity index is 1100. The van der Waals surface area contributed by atoms with E-state index in [1.54, 1.807) is 12.4 Å². The average molecular weight is 438 g/mol. The lowest BCUT2D eigenvalue weighted by molar-refractivity contribution is -0.156. The highest BCUT2D eigenvalue weighted by molar-refractivity contribution is 8.01. The normalized spacial score (nSPS) is 19.0. The van der Waals surface area contributed by atoms with Gasteiger partial charge in [0, 0.05) is 41.2 Å². The lowest BCUT2D eigenvalue weighted by Gasteiger charge is -2.29. The first kappa shape index (κ1) is 21.4. The SMILES string of the molecule is CCn1cc(C(=O)C2CSN(c3cccnc3)C2C(=O)OC(C)(C)C)c2ccccc21. The van der Waals surface area contributed by atoms with Crippen molar-refractivity contribution >= 4 is 40.3 Å². The van der Waals surface area contributed by atoms with Gasteiger partial charge < -0.3 is 9.30 Å². The van der Waals surface area contributed by atoms with Crippen LogP contribution in [0.5, 0.6) is 0 Å². The fourth-order valence-electron chi connectivity index (χ4n) is 3.96. The van der Waals surface area contributed by atoms with Crippen molar-refractivity contribution in [2.75, 3.05) is 10.1 Å². The molecule has 0 N–H and O–H groups in total. The number of benzene rings is 1. The van der Waals surface area contributed by atoms with Crippen molar-refractivity contribution in [1.29, 1.82) is 0 Å². The second kappa shape index (κ2) is 8.38. The summed E-state index contributed by atoms with van der Waals surface area (Å²) in [5, 5.41) is 0.919. The van der Waals surface area contributed by atoms with E-state index in [4.69, 9.17) is 4.74 Å². The molecule has 162 valence electrons. The minimum Gasteiger partial charge on any atom is -0.458 e. The summed E-state index contributed by atoms with van der Waals surface area (Å²) in [6.45, 7) is 8.34. The average Bonchev–Trinajstić information content (AvgIpc) is 3.35. The van der Waals surface area contributed by atoms with Crippen LogP contribution in [0, 0.1) is 5.92 Å². The fraction of sp³-hybridized carbons (Fsp3) is 0.375. The number of esters is 1. The van der Waals surface area contributed by atoms with Crippen molar-refractivity contribution in [3.8, 4) is 0 Å². The molecule has 0 radical (unpaired) electrons. The first-order chi connectivity index (χ1) is 14.8. The molecule has 0 saturated carbocycles. The molecule has 6 nitrogen and oxygen atoms in total. The van der Waals surface area contributed by atoms with Crippen LogP contribution >= 0.6 is 11.9 Å². The monoisotopic (exact) mass is 437 g/mol. The van der Waals surface area contributed by atoms with Crippen molar-refractivity contribution in [3.05, 3.63) is 60.6 Å². The third-order valence-corrected chi connectivity index (χ3v) is 6.53. The number of hydrogen-bond acceptors (Lipinski definition) is 6. The largest absolute Gasteiger partial charge is 0.458 e. The number of pyridine rings is 1. The molecule has 31 heavy (non-hydrogen) atoms. The fourth-order valence-corrected chi connectivity index (χ4v) is 5.27. The number of para-hydroxylation sites is 1. The Morgan fingerprint density at radius 1 is 1.19 bits per heavy atom. The highest BCUT2D eigenvalue weighted by atomic mass is 32.2. The summed E-state index contributed by atoms with van der Waals surface area (Å²) in [5.41, 5.74) is 1.83. The summed E-state index contributed by atoms with van der Waals surface area (Å²) in [6, 6.07) is 10.9. The number of hydrogen-bond donors (Lipinski definition) is 0. The van der Waals surface area contributed by atoms with Gasteiger partial charge in [-0.15, -0.1) is 0 Å². The van der Waals surface area contributed by atoms with Gasteiger partial charge in [0.15, 0.2) is 5.78 Å². The van der Waals surface area contributed by atoms with Crippen LogP contribution in [-0.4, -0.2) is 38.7 Å². The topological polar surface area (TPSA) is 64.4 Å². The summed E-state index contributed by atoms with van der Waals surface area (Å²) >= 11 is 1.47. The number of anilines is 1. The van der Waals surface area contributed by atoms with Gasteiger partial charge >= 0.3 is 5.97 Å². The number of fused-ring (bicyclic) bond motifs is 1. The zero-order valence-electron chi connectivity index (χ0n) is 18.2. The molecule has 0 spiro atoms. The summed E-state index contributed by atoms with van der Waals surface area (Å²) in [4.78, 5) is 31.2. The molecule has 2 unspecified atom stereocenters. The quantitative estimate of drug-likeness (QED) is 0.327. The van der Waals surface area contributed by atoms with Gasteiger partial charge in [0.25, 0.3) is 0 Å². The molecule has 0 amide bonds. The Labute approximate surface area is 186 Å². The van der Waals surface area contributed by atoms with Crippen LogP contribution in [0.3, 0.4) is 0 Å². The number of ether oxygens (including phenoxy) is 1. The molecule has 0 aliphatic carbocycles. The van der Waals surface area contributed by atoms with E-state index in [1.807, 2.05) is 67.7 Å². The summed E-state index contributed by atoms with van der Waals surface area (Å²) in [5.74, 6) is -0.434. The molecule has 0 bridgehead atoms. The maximum atomic E-state index is 13.8. The number of nitrogens with zero attached hydrogens (tertiary/aromatic N) is 3. The zero-order valence-corrected chi connectivity index (χ0v) is 19.1. The molecule has 1 aromatic carbocycles. The highest BCUT2D eigenvalue weighted by Gasteiger charge is 2.47. The van der Waals surface area contributed by atoms with E-state index in [0.717, 1.165) is 23.1 Å². The predicted molar refractivity (Wildman–Crippen MR) is 124 cm³/mol. The summed E-state index contributed by atoms with van der Waals surface area (Å²) in [7, 11) is 0. The zero-order chi connectivity index (χ0) is 22.2. The minimum atomic E-state index is -0.718. The minimum absolute atomic E-state index is 0.0295. The van der Waals surface area contributed by atoms with Crippen molar-refractivity contribution in [2.24, 2.45) is 5.92 Å². The van der Waals surface area contributed by atoms with Gasteiger partial charge in [-0.2, -0.15) is 0 Å². The second-order valence-corrected chi connectivity index (χ2v) is 9.61. The lowest BCUT2D eigenvalue weighted by Crippen LogP contribution is -2.44. The first-order valence-electron chi connectivity index (χ1n) is 10.5. The van der Waals surface area contributed by atoms with Crippen LogP contribution in [-0.2, 0) is 16.1 Å². The molecule has 2 atom stereocenters. The molecular formula is C24H27N3O3S. The molecule has 1 fully saturated rings. The van der Waals surface area contributed by atoms with Crippen LogP contribution in [0.25, 0.3) is 10.9 Å². The molecular weight excluding hydrogens is 410 g/mol. The molecule has 4 rings (SSSR count). The van der Waals surface area contributed by atoms with E-state index < -0.39 is 17.6 Å². The van der Waals surface area contributed by atoms with Gasteiger partial charge in [-0.1, -0.05) is 18.2 Å². The van der Waals surface area contributed by atoms with Gasteiger partial charge in [-0.3, -0.25) is 14.1 Å². The van der Waals surface area contributed by atoms with Crippen molar-refractivity contribution in [3.63, 3.8) is 0 Å². The van der Waals surface area contributed by atoms with E-state index in [1.165, 1.54) is 11.9 Å². The molecule has 7 heteroatoms. The lowest BCUT2D eigenvalue weighted by atomic mass is 9.91. The van der Waals surface area contributed by atoms with Crippen LogP contribution in [0.2, 0.25) is 0 Å². The molecule has 1 aliphatic rings. The van der Waals surface area contributed by atoms with Crippen LogP contribution in [0.4, 0.5) is 5.69 Å². The van der Waals surface area contributed by atoms with Crippen molar-refractivity contribution in [2.45, 2.75) is 45.9 Å². The molecule has 1 saturated heterocycles. The predicted octanol–water partition coefficient (Wildman–Crippen LogP) is 4.73. The number of carbonyl (C=O) groups is 2. The van der Waals surface area contributed by atoms with Gasteiger partial charge in [-0.05, 0) is 57.8 Å². The van der Waals surface area contributed by atoms with E-state index in [2.05, 4.69) is 16.5 Å². The van der Waals surface area contributed by atoms with Gasteiger partial charge in [0.05, 0.1) is 17.8 Å². The molecule has 3 aromatic rings. The Hall–Kier alpha value is -2.80. The van der Waals surface area contributed by atoms with Crippen molar-refractivity contribution in [1.82, 2.24) is 9.55 Å². The Kier molecular flexibility index (Phi) is 5.79. The number of carbonyl (C=O) groups excluding carboxylic acids is 2. The van der Waals surface area contributed by atoms with Gasteiger partial charge in [-0.25, -0.2) is 4.79 Å². The first-order valence-corrected chi connectivity index (χ1v) is 11.4. The number of aryl methyl sites for hydroxylation is 1. The maximum Gasteiger partial charge on any atom is 0.331 e. The molecule has 3 heterocycles. The number of ketones is 1. The Morgan fingerprint density at radius 2 is 1.97 bits per heavy atom. The Morgan fingerprint density at radius 3 is 2.65 bits per heavy atom.